The summed E-state index contributed by atoms with van der Waals surface area (Å²) in [5, 5.41) is 5.32. The Labute approximate surface area is 94.7 Å². The first-order chi connectivity index (χ1) is 7.74. The van der Waals surface area contributed by atoms with Crippen LogP contribution < -0.4 is 16.8 Å². The summed E-state index contributed by atoms with van der Waals surface area (Å²) in [6.45, 7) is 3.30. The second-order valence-corrected chi connectivity index (χ2v) is 3.78. The molecule has 0 unspecified atom stereocenters. The first-order valence-electron chi connectivity index (χ1n) is 5.31. The molecule has 5 N–H and O–H groups in total. The third-order valence-electron chi connectivity index (χ3n) is 2.57. The van der Waals surface area contributed by atoms with Crippen LogP contribution in [-0.4, -0.2) is 18.1 Å². The Morgan fingerprint density at radius 3 is 2.94 bits per heavy atom. The number of aromatic nitrogens is 1. The lowest BCUT2D eigenvalue weighted by Crippen LogP contribution is -2.14. The van der Waals surface area contributed by atoms with Crippen molar-refractivity contribution in [2.75, 3.05) is 24.1 Å². The fourth-order valence-corrected chi connectivity index (χ4v) is 1.83. The van der Waals surface area contributed by atoms with Gasteiger partial charge in [0.1, 0.15) is 5.82 Å². The van der Waals surface area contributed by atoms with Gasteiger partial charge in [-0.2, -0.15) is 0 Å². The zero-order chi connectivity index (χ0) is 11.5. The smallest absolute Gasteiger partial charge is 0.133 e. The van der Waals surface area contributed by atoms with Gasteiger partial charge in [0.25, 0.3) is 0 Å². The molecule has 0 saturated heterocycles. The maximum absolute atomic E-state index is 5.97. The van der Waals surface area contributed by atoms with E-state index in [0.717, 1.165) is 27.8 Å². The van der Waals surface area contributed by atoms with Crippen LogP contribution >= 0.6 is 0 Å². The molecule has 1 aromatic carbocycles. The molecule has 0 bridgehead atoms. The van der Waals surface area contributed by atoms with Crippen molar-refractivity contribution in [1.82, 2.24) is 4.98 Å². The van der Waals surface area contributed by atoms with Crippen molar-refractivity contribution in [1.29, 1.82) is 0 Å². The van der Waals surface area contributed by atoms with Gasteiger partial charge in [0.05, 0.1) is 0 Å². The lowest BCUT2D eigenvalue weighted by molar-refractivity contribution is 1.01. The molecular weight excluding hydrogens is 200 g/mol. The lowest BCUT2D eigenvalue weighted by atomic mass is 10.1. The number of aryl methyl sites for hydroxylation is 1. The van der Waals surface area contributed by atoms with E-state index in [1.807, 2.05) is 31.3 Å². The van der Waals surface area contributed by atoms with Gasteiger partial charge in [-0.1, -0.05) is 12.1 Å². The van der Waals surface area contributed by atoms with Gasteiger partial charge in [-0.05, 0) is 18.6 Å². The standard InChI is InChI=1S/C12H16N4/c1-8-7-16-12(15-6-5-13)9-3-2-4-10(14)11(8)9/h2-4,7H,5-6,13-14H2,1H3,(H,15,16). The van der Waals surface area contributed by atoms with Crippen LogP contribution in [0.25, 0.3) is 10.8 Å². The molecule has 0 fully saturated rings. The summed E-state index contributed by atoms with van der Waals surface area (Å²) in [5.41, 5.74) is 13.3. The molecule has 0 radical (unpaired) electrons. The molecule has 4 nitrogen and oxygen atoms in total. The fourth-order valence-electron chi connectivity index (χ4n) is 1.83. The molecule has 84 valence electrons. The molecule has 2 aromatic rings. The van der Waals surface area contributed by atoms with Gasteiger partial charge >= 0.3 is 0 Å². The Balaban J connectivity index is 2.60. The van der Waals surface area contributed by atoms with E-state index < -0.39 is 0 Å². The number of anilines is 2. The van der Waals surface area contributed by atoms with E-state index >= 15 is 0 Å². The molecular formula is C12H16N4. The van der Waals surface area contributed by atoms with Gasteiger partial charge in [0, 0.05) is 35.7 Å². The largest absolute Gasteiger partial charge is 0.398 e. The van der Waals surface area contributed by atoms with Crippen LogP contribution in [0.15, 0.2) is 24.4 Å². The highest BCUT2D eigenvalue weighted by Crippen LogP contribution is 2.28. The Morgan fingerprint density at radius 1 is 1.38 bits per heavy atom. The van der Waals surface area contributed by atoms with Crippen LogP contribution in [0.1, 0.15) is 5.56 Å². The quantitative estimate of drug-likeness (QED) is 0.679. The highest BCUT2D eigenvalue weighted by atomic mass is 15.0. The molecule has 0 amide bonds. The summed E-state index contributed by atoms with van der Waals surface area (Å²) in [7, 11) is 0. The number of benzene rings is 1. The molecule has 0 aliphatic carbocycles. The van der Waals surface area contributed by atoms with E-state index in [2.05, 4.69) is 10.3 Å². The SMILES string of the molecule is Cc1cnc(NCCN)c2cccc(N)c12. The van der Waals surface area contributed by atoms with Crippen molar-refractivity contribution >= 4 is 22.3 Å². The van der Waals surface area contributed by atoms with Crippen molar-refractivity contribution in [3.63, 3.8) is 0 Å². The highest BCUT2D eigenvalue weighted by Gasteiger charge is 2.06. The molecule has 1 heterocycles. The summed E-state index contributed by atoms with van der Waals surface area (Å²) in [6, 6.07) is 5.86. The third-order valence-corrected chi connectivity index (χ3v) is 2.57. The monoisotopic (exact) mass is 216 g/mol. The molecule has 1 aromatic heterocycles. The van der Waals surface area contributed by atoms with Crippen LogP contribution in [0.5, 0.6) is 0 Å². The molecule has 0 aliphatic rings. The zero-order valence-corrected chi connectivity index (χ0v) is 9.33. The van der Waals surface area contributed by atoms with Crippen molar-refractivity contribution in [3.05, 3.63) is 30.0 Å². The summed E-state index contributed by atoms with van der Waals surface area (Å²) >= 11 is 0. The Morgan fingerprint density at radius 2 is 2.19 bits per heavy atom. The Bertz CT molecular complexity index is 499. The number of nitrogen functional groups attached to an aromatic ring is 1. The van der Waals surface area contributed by atoms with Gasteiger partial charge in [-0.15, -0.1) is 0 Å². The van der Waals surface area contributed by atoms with Crippen molar-refractivity contribution < 1.29 is 0 Å². The maximum atomic E-state index is 5.97. The molecule has 0 aliphatic heterocycles. The average Bonchev–Trinajstić information content (AvgIpc) is 2.28. The van der Waals surface area contributed by atoms with Gasteiger partial charge in [-0.25, -0.2) is 4.98 Å². The summed E-state index contributed by atoms with van der Waals surface area (Å²) in [4.78, 5) is 4.36. The molecule has 16 heavy (non-hydrogen) atoms. The van der Waals surface area contributed by atoms with Crippen LogP contribution in [0, 0.1) is 6.92 Å². The zero-order valence-electron chi connectivity index (χ0n) is 9.33. The van der Waals surface area contributed by atoms with E-state index in [1.54, 1.807) is 0 Å². The predicted molar refractivity (Wildman–Crippen MR) is 68.4 cm³/mol. The fraction of sp³-hybridized carbons (Fsp3) is 0.250. The summed E-state index contributed by atoms with van der Waals surface area (Å²) in [6.07, 6.45) is 1.83. The number of hydrogen-bond donors (Lipinski definition) is 3. The van der Waals surface area contributed by atoms with Gasteiger partial charge in [0.15, 0.2) is 0 Å². The van der Waals surface area contributed by atoms with Crippen LogP contribution in [-0.2, 0) is 0 Å². The predicted octanol–water partition coefficient (Wildman–Crippen LogP) is 1.50. The van der Waals surface area contributed by atoms with Gasteiger partial charge < -0.3 is 16.8 Å². The molecule has 0 spiro atoms. The van der Waals surface area contributed by atoms with E-state index in [4.69, 9.17) is 11.5 Å². The number of nitrogens with zero attached hydrogens (tertiary/aromatic N) is 1. The third kappa shape index (κ3) is 1.79. The molecule has 0 atom stereocenters. The Kier molecular flexibility index (Phi) is 2.92. The van der Waals surface area contributed by atoms with Crippen LogP contribution in [0.2, 0.25) is 0 Å². The number of nitrogens with two attached hydrogens (primary N) is 2. The van der Waals surface area contributed by atoms with E-state index in [9.17, 15) is 0 Å². The minimum atomic E-state index is 0.583. The number of rotatable bonds is 3. The van der Waals surface area contributed by atoms with Crippen LogP contribution in [0.4, 0.5) is 11.5 Å². The van der Waals surface area contributed by atoms with Crippen LogP contribution in [0.3, 0.4) is 0 Å². The van der Waals surface area contributed by atoms with Crippen molar-refractivity contribution in [3.8, 4) is 0 Å². The number of fused-ring (bicyclic) bond motifs is 1. The maximum Gasteiger partial charge on any atom is 0.133 e. The minimum absolute atomic E-state index is 0.583. The molecule has 0 saturated carbocycles. The lowest BCUT2D eigenvalue weighted by Gasteiger charge is -2.11. The first kappa shape index (κ1) is 10.7. The second kappa shape index (κ2) is 4.37. The number of pyridine rings is 1. The number of nitrogens with one attached hydrogen (secondary N) is 1. The summed E-state index contributed by atoms with van der Waals surface area (Å²) < 4.78 is 0. The minimum Gasteiger partial charge on any atom is -0.398 e. The summed E-state index contributed by atoms with van der Waals surface area (Å²) in [5.74, 6) is 0.846. The normalized spacial score (nSPS) is 10.6. The second-order valence-electron chi connectivity index (χ2n) is 3.78. The molecule has 2 rings (SSSR count). The average molecular weight is 216 g/mol. The topological polar surface area (TPSA) is 77.0 Å². The number of hydrogen-bond acceptors (Lipinski definition) is 4. The van der Waals surface area contributed by atoms with E-state index in [-0.39, 0.29) is 0 Å². The molecule has 4 heteroatoms. The van der Waals surface area contributed by atoms with E-state index in [0.29, 0.717) is 13.1 Å². The van der Waals surface area contributed by atoms with E-state index in [1.165, 1.54) is 0 Å². The van der Waals surface area contributed by atoms with Crippen molar-refractivity contribution in [2.24, 2.45) is 5.73 Å². The van der Waals surface area contributed by atoms with Crippen molar-refractivity contribution in [2.45, 2.75) is 6.92 Å². The Hall–Kier alpha value is -1.81. The first-order valence-corrected chi connectivity index (χ1v) is 5.31. The highest BCUT2D eigenvalue weighted by molar-refractivity contribution is 6.01. The van der Waals surface area contributed by atoms with Gasteiger partial charge in [-0.3, -0.25) is 0 Å². The van der Waals surface area contributed by atoms with Gasteiger partial charge in [0.2, 0.25) is 0 Å².